The quantitative estimate of drug-likeness (QED) is 0.333. The van der Waals surface area contributed by atoms with Crippen molar-refractivity contribution >= 4 is 17.6 Å². The summed E-state index contributed by atoms with van der Waals surface area (Å²) in [5.41, 5.74) is -1.34. The number of nitrogens with one attached hydrogen (secondary N) is 2. The van der Waals surface area contributed by atoms with Crippen LogP contribution in [0.1, 0.15) is 56.9 Å². The zero-order valence-electron chi connectivity index (χ0n) is 21.2. The van der Waals surface area contributed by atoms with Crippen LogP contribution in [-0.2, 0) is 10.3 Å². The number of methoxy groups -OCH3 is 1. The van der Waals surface area contributed by atoms with Gasteiger partial charge in [-0.15, -0.1) is 0 Å². The van der Waals surface area contributed by atoms with E-state index in [1.54, 1.807) is 31.2 Å². The molecule has 0 aromatic heterocycles. The number of carbonyl (C=O) groups is 1. The van der Waals surface area contributed by atoms with Crippen molar-refractivity contribution in [1.82, 2.24) is 15.5 Å². The summed E-state index contributed by atoms with van der Waals surface area (Å²) < 4.78 is 46.8. The third kappa shape index (κ3) is 7.27. The molecule has 1 aliphatic carbocycles. The van der Waals surface area contributed by atoms with Gasteiger partial charge in [0.2, 0.25) is 5.92 Å². The minimum absolute atomic E-state index is 0.0512. The number of alkyl halides is 2. The molecule has 1 aliphatic heterocycles. The zero-order valence-corrected chi connectivity index (χ0v) is 21.9. The number of hydrogen-bond donors (Lipinski definition) is 3. The molecule has 2 aliphatic rings. The molecule has 1 saturated carbocycles. The number of likely N-dealkylation sites (N-methyl/N-ethyl adjacent to an activating group) is 1. The Labute approximate surface area is 216 Å². The molecule has 2 amide bonds. The lowest BCUT2D eigenvalue weighted by Gasteiger charge is -2.43. The van der Waals surface area contributed by atoms with E-state index in [1.165, 1.54) is 6.07 Å². The number of urea groups is 1. The largest absolute Gasteiger partial charge is 0.385 e. The third-order valence-electron chi connectivity index (χ3n) is 7.53. The van der Waals surface area contributed by atoms with Crippen LogP contribution in [0.5, 0.6) is 0 Å². The molecule has 3 rings (SSSR count). The van der Waals surface area contributed by atoms with Gasteiger partial charge in [0.25, 0.3) is 0 Å². The smallest absolute Gasteiger partial charge is 0.317 e. The van der Waals surface area contributed by atoms with Crippen molar-refractivity contribution in [2.75, 3.05) is 40.4 Å². The highest BCUT2D eigenvalue weighted by Crippen LogP contribution is 2.45. The summed E-state index contributed by atoms with van der Waals surface area (Å²) in [5, 5.41) is 17.9. The molecule has 1 unspecified atom stereocenters. The van der Waals surface area contributed by atoms with Crippen molar-refractivity contribution < 1.29 is 27.8 Å². The number of hydrogen-bond acceptors (Lipinski definition) is 4. The summed E-state index contributed by atoms with van der Waals surface area (Å²) in [7, 11) is 3.37. The van der Waals surface area contributed by atoms with E-state index >= 15 is 4.39 Å². The van der Waals surface area contributed by atoms with E-state index in [1.807, 2.05) is 0 Å². The van der Waals surface area contributed by atoms with Crippen LogP contribution < -0.4 is 10.6 Å². The van der Waals surface area contributed by atoms with Crippen molar-refractivity contribution in [2.24, 2.45) is 11.8 Å². The summed E-state index contributed by atoms with van der Waals surface area (Å²) in [5.74, 6) is -3.74. The van der Waals surface area contributed by atoms with Crippen LogP contribution >= 0.6 is 11.6 Å². The molecular weight excluding hydrogens is 495 g/mol. The number of nitrogens with zero attached hydrogens (tertiary/aromatic N) is 1. The highest BCUT2D eigenvalue weighted by molar-refractivity contribution is 6.30. The zero-order chi connectivity index (χ0) is 26.3. The summed E-state index contributed by atoms with van der Waals surface area (Å²) in [6, 6.07) is 4.07. The standard InChI is InChI=1S/C26H39ClF3N3O3/c1-31-16-20(13-18-14-25(29,30)15-18)32-24(34)33-11-6-7-19(17-33)26(35,10-3-4-12-36-2)21-8-5-9-22(27)23(21)28/h5,8-9,18-20,31,35H,3-4,6-7,10-17H2,1-2H3,(H,32,34)/t19-,20?,26+/m1/s1. The van der Waals surface area contributed by atoms with Gasteiger partial charge in [0.1, 0.15) is 5.82 Å². The molecule has 0 bridgehead atoms. The fraction of sp³-hybridized carbons (Fsp3) is 0.731. The normalized spacial score (nSPS) is 22.5. The number of unbranched alkanes of at least 4 members (excludes halogenated alkanes) is 1. The number of rotatable bonds is 12. The van der Waals surface area contributed by atoms with Gasteiger partial charge < -0.3 is 25.4 Å². The lowest BCUT2D eigenvalue weighted by molar-refractivity contribution is -0.113. The van der Waals surface area contributed by atoms with Crippen LogP contribution in [0, 0.1) is 17.7 Å². The van der Waals surface area contributed by atoms with Crippen LogP contribution in [0.25, 0.3) is 0 Å². The number of halogens is 4. The number of likely N-dealkylation sites (tertiary alicyclic amines) is 1. The second-order valence-electron chi connectivity index (χ2n) is 10.3. The molecule has 1 aromatic carbocycles. The minimum Gasteiger partial charge on any atom is -0.385 e. The summed E-state index contributed by atoms with van der Waals surface area (Å²) >= 11 is 6.05. The molecule has 1 heterocycles. The minimum atomic E-state index is -2.59. The number of amides is 2. The Hall–Kier alpha value is -1.55. The van der Waals surface area contributed by atoms with Gasteiger partial charge in [-0.3, -0.25) is 0 Å². The summed E-state index contributed by atoms with van der Waals surface area (Å²) in [4.78, 5) is 14.8. The first-order valence-corrected chi connectivity index (χ1v) is 13.2. The lowest BCUT2D eigenvalue weighted by atomic mass is 9.74. The Morgan fingerprint density at radius 2 is 2.11 bits per heavy atom. The highest BCUT2D eigenvalue weighted by Gasteiger charge is 2.46. The summed E-state index contributed by atoms with van der Waals surface area (Å²) in [6.45, 7) is 1.77. The van der Waals surface area contributed by atoms with E-state index < -0.39 is 17.3 Å². The monoisotopic (exact) mass is 533 g/mol. The van der Waals surface area contributed by atoms with Gasteiger partial charge in [-0.2, -0.15) is 0 Å². The molecule has 1 aromatic rings. The number of ether oxygens (including phenoxy) is 1. The number of benzene rings is 1. The van der Waals surface area contributed by atoms with Crippen LogP contribution in [0.15, 0.2) is 18.2 Å². The maximum atomic E-state index is 15.1. The molecule has 0 spiro atoms. The molecule has 3 atom stereocenters. The van der Waals surface area contributed by atoms with E-state index in [9.17, 15) is 18.7 Å². The second-order valence-corrected chi connectivity index (χ2v) is 10.7. The van der Waals surface area contributed by atoms with E-state index in [2.05, 4.69) is 10.6 Å². The van der Waals surface area contributed by atoms with E-state index in [0.717, 1.165) is 0 Å². The maximum absolute atomic E-state index is 15.1. The van der Waals surface area contributed by atoms with Crippen LogP contribution in [0.4, 0.5) is 18.0 Å². The van der Waals surface area contributed by atoms with Gasteiger partial charge in [-0.1, -0.05) is 23.7 Å². The Morgan fingerprint density at radius 1 is 1.36 bits per heavy atom. The van der Waals surface area contributed by atoms with Gasteiger partial charge in [0, 0.05) is 63.7 Å². The number of carbonyl (C=O) groups excluding carboxylic acids is 1. The molecule has 0 radical (unpaired) electrons. The molecule has 3 N–H and O–H groups in total. The Bertz CT molecular complexity index is 870. The van der Waals surface area contributed by atoms with Gasteiger partial charge in [0.15, 0.2) is 0 Å². The van der Waals surface area contributed by atoms with Crippen molar-refractivity contribution in [3.05, 3.63) is 34.6 Å². The third-order valence-corrected chi connectivity index (χ3v) is 7.82. The van der Waals surface area contributed by atoms with Crippen molar-refractivity contribution in [3.8, 4) is 0 Å². The molecule has 2 fully saturated rings. The molecule has 204 valence electrons. The molecule has 6 nitrogen and oxygen atoms in total. The fourth-order valence-electron chi connectivity index (χ4n) is 5.65. The Kier molecular flexibility index (Phi) is 10.3. The maximum Gasteiger partial charge on any atom is 0.317 e. The first-order valence-electron chi connectivity index (χ1n) is 12.8. The molecular formula is C26H39ClF3N3O3. The van der Waals surface area contributed by atoms with E-state index in [4.69, 9.17) is 16.3 Å². The SMILES string of the molecule is CNCC(CC1CC(F)(F)C1)NC(=O)N1CCC[C@@H]([C@@](O)(CCCCOC)c2cccc(Cl)c2F)C1. The fourth-order valence-corrected chi connectivity index (χ4v) is 5.82. The van der Waals surface area contributed by atoms with E-state index in [-0.39, 0.29) is 53.9 Å². The topological polar surface area (TPSA) is 73.8 Å². The number of piperidine rings is 1. The van der Waals surface area contributed by atoms with Gasteiger partial charge in [0.05, 0.1) is 10.6 Å². The molecule has 10 heteroatoms. The van der Waals surface area contributed by atoms with Crippen LogP contribution in [-0.4, -0.2) is 68.4 Å². The average molecular weight is 534 g/mol. The van der Waals surface area contributed by atoms with Gasteiger partial charge in [-0.25, -0.2) is 18.0 Å². The predicted molar refractivity (Wildman–Crippen MR) is 134 cm³/mol. The number of aliphatic hydroxyl groups is 1. The van der Waals surface area contributed by atoms with Gasteiger partial charge in [-0.05, 0) is 57.6 Å². The first kappa shape index (κ1) is 29.0. The Morgan fingerprint density at radius 3 is 2.78 bits per heavy atom. The van der Waals surface area contributed by atoms with E-state index in [0.29, 0.717) is 58.2 Å². The van der Waals surface area contributed by atoms with Crippen LogP contribution in [0.3, 0.4) is 0 Å². The predicted octanol–water partition coefficient (Wildman–Crippen LogP) is 4.93. The Balaban J connectivity index is 1.71. The molecule has 1 saturated heterocycles. The first-order chi connectivity index (χ1) is 17.1. The van der Waals surface area contributed by atoms with Crippen molar-refractivity contribution in [1.29, 1.82) is 0 Å². The highest BCUT2D eigenvalue weighted by atomic mass is 35.5. The second kappa shape index (κ2) is 12.8. The average Bonchev–Trinajstić information content (AvgIpc) is 2.82. The summed E-state index contributed by atoms with van der Waals surface area (Å²) in [6.07, 6.45) is 3.13. The lowest BCUT2D eigenvalue weighted by Crippen LogP contribution is -2.54. The van der Waals surface area contributed by atoms with Crippen molar-refractivity contribution in [2.45, 2.75) is 68.9 Å². The molecule has 36 heavy (non-hydrogen) atoms. The van der Waals surface area contributed by atoms with Gasteiger partial charge >= 0.3 is 6.03 Å². The van der Waals surface area contributed by atoms with Crippen LogP contribution in [0.2, 0.25) is 5.02 Å². The van der Waals surface area contributed by atoms with Crippen molar-refractivity contribution in [3.63, 3.8) is 0 Å².